The van der Waals surface area contributed by atoms with Crippen LogP contribution in [0.3, 0.4) is 0 Å². The second-order valence-corrected chi connectivity index (χ2v) is 12.5. The molecule has 0 aliphatic carbocycles. The number of hydrogen-bond donors (Lipinski definition) is 1. The molecule has 234 valence electrons. The summed E-state index contributed by atoms with van der Waals surface area (Å²) >= 11 is 0. The van der Waals surface area contributed by atoms with E-state index in [1.807, 2.05) is 19.1 Å². The van der Waals surface area contributed by atoms with E-state index in [4.69, 9.17) is 9.47 Å². The Labute approximate surface area is 253 Å². The van der Waals surface area contributed by atoms with Crippen LogP contribution < -0.4 is 10.2 Å². The minimum atomic E-state index is -4.63. The van der Waals surface area contributed by atoms with Gasteiger partial charge in [-0.3, -0.25) is 9.59 Å². The van der Waals surface area contributed by atoms with E-state index in [1.165, 1.54) is 22.5 Å². The number of anilines is 2. The predicted molar refractivity (Wildman–Crippen MR) is 157 cm³/mol. The van der Waals surface area contributed by atoms with Crippen molar-refractivity contribution in [2.24, 2.45) is 0 Å². The minimum Gasteiger partial charge on any atom is -0.456 e. The van der Waals surface area contributed by atoms with Gasteiger partial charge in [0.2, 0.25) is 10.0 Å². The van der Waals surface area contributed by atoms with Crippen LogP contribution in [0.15, 0.2) is 71.6 Å². The molecule has 1 saturated heterocycles. The highest BCUT2D eigenvalue weighted by atomic mass is 32.2. The van der Waals surface area contributed by atoms with Gasteiger partial charge in [-0.25, -0.2) is 8.42 Å². The van der Waals surface area contributed by atoms with E-state index < -0.39 is 46.3 Å². The summed E-state index contributed by atoms with van der Waals surface area (Å²) in [6.45, 7) is 2.84. The molecule has 1 fully saturated rings. The predicted octanol–water partition coefficient (Wildman–Crippen LogP) is 4.71. The van der Waals surface area contributed by atoms with Crippen molar-refractivity contribution < 1.29 is 40.7 Å². The van der Waals surface area contributed by atoms with Gasteiger partial charge in [0.05, 0.1) is 47.5 Å². The van der Waals surface area contributed by atoms with E-state index in [9.17, 15) is 31.2 Å². The molecular formula is C31H32F3N3O6S. The summed E-state index contributed by atoms with van der Waals surface area (Å²) in [5.74, 6) is -1.66. The number of alkyl halides is 3. The lowest BCUT2D eigenvalue weighted by molar-refractivity contribution is -0.148. The Morgan fingerprint density at radius 3 is 2.41 bits per heavy atom. The van der Waals surface area contributed by atoms with E-state index >= 15 is 0 Å². The number of carbonyl (C=O) groups is 2. The summed E-state index contributed by atoms with van der Waals surface area (Å²) in [5.41, 5.74) is 1.84. The van der Waals surface area contributed by atoms with Crippen LogP contribution in [0.25, 0.3) is 0 Å². The molecular weight excluding hydrogens is 599 g/mol. The van der Waals surface area contributed by atoms with Crippen molar-refractivity contribution in [3.05, 3.63) is 89.0 Å². The van der Waals surface area contributed by atoms with Crippen LogP contribution in [-0.2, 0) is 41.7 Å². The van der Waals surface area contributed by atoms with Crippen LogP contribution in [0, 0.1) is 6.92 Å². The molecule has 1 unspecified atom stereocenters. The Balaban J connectivity index is 1.31. The number of esters is 1. The number of fused-ring (bicyclic) bond motifs is 1. The zero-order chi connectivity index (χ0) is 31.5. The molecule has 0 bridgehead atoms. The quantitative estimate of drug-likeness (QED) is 0.359. The fourth-order valence-corrected chi connectivity index (χ4v) is 7.02. The van der Waals surface area contributed by atoms with Crippen molar-refractivity contribution in [1.29, 1.82) is 0 Å². The molecule has 2 aliphatic rings. The lowest BCUT2D eigenvalue weighted by atomic mass is 9.92. The Kier molecular flexibility index (Phi) is 9.28. The smallest absolute Gasteiger partial charge is 0.416 e. The molecule has 5 rings (SSSR count). The number of nitrogens with one attached hydrogen (secondary N) is 1. The lowest BCUT2D eigenvalue weighted by Crippen LogP contribution is -2.41. The van der Waals surface area contributed by atoms with Crippen molar-refractivity contribution >= 4 is 33.3 Å². The van der Waals surface area contributed by atoms with Crippen LogP contribution in [0.1, 0.15) is 34.7 Å². The van der Waals surface area contributed by atoms with Crippen molar-refractivity contribution in [3.63, 3.8) is 0 Å². The molecule has 44 heavy (non-hydrogen) atoms. The summed E-state index contributed by atoms with van der Waals surface area (Å²) in [4.78, 5) is 27.8. The lowest BCUT2D eigenvalue weighted by Gasteiger charge is -2.36. The number of benzene rings is 3. The third kappa shape index (κ3) is 7.06. The molecule has 9 nitrogen and oxygen atoms in total. The number of sulfonamides is 1. The average Bonchev–Trinajstić information content (AvgIpc) is 3.00. The number of amides is 1. The second-order valence-electron chi connectivity index (χ2n) is 10.6. The standard InChI is InChI=1S/C31H32F3N3O6S/c1-21-6-9-24(10-7-21)44(40,41)37-13-12-22-4-2-3-5-25(22)28(37)19-30(39)43-20-29(38)35-26-18-23(31(32,33)34)8-11-27(26)36-14-16-42-17-15-36/h2-11,18,28H,12-17,19-20H2,1H3,(H,35,38). The van der Waals surface area contributed by atoms with Crippen molar-refractivity contribution in [2.75, 3.05) is 49.7 Å². The molecule has 2 heterocycles. The summed E-state index contributed by atoms with van der Waals surface area (Å²) in [6.07, 6.45) is -4.54. The number of rotatable bonds is 8. The molecule has 2 aliphatic heterocycles. The number of morpholine rings is 1. The molecule has 1 amide bonds. The molecule has 0 spiro atoms. The third-order valence-corrected chi connectivity index (χ3v) is 9.59. The highest BCUT2D eigenvalue weighted by Gasteiger charge is 2.38. The number of halogens is 3. The number of aryl methyl sites for hydroxylation is 1. The van der Waals surface area contributed by atoms with Gasteiger partial charge in [0.25, 0.3) is 5.91 Å². The molecule has 3 aromatic rings. The van der Waals surface area contributed by atoms with E-state index in [0.29, 0.717) is 44.0 Å². The van der Waals surface area contributed by atoms with E-state index in [0.717, 1.165) is 23.3 Å². The Morgan fingerprint density at radius 1 is 1.00 bits per heavy atom. The maximum atomic E-state index is 13.6. The zero-order valence-corrected chi connectivity index (χ0v) is 24.8. The summed E-state index contributed by atoms with van der Waals surface area (Å²) in [6, 6.07) is 15.9. The maximum absolute atomic E-state index is 13.6. The van der Waals surface area contributed by atoms with Crippen molar-refractivity contribution in [1.82, 2.24) is 4.31 Å². The summed E-state index contributed by atoms with van der Waals surface area (Å²) in [5, 5.41) is 2.45. The van der Waals surface area contributed by atoms with Crippen LogP contribution in [0.4, 0.5) is 24.5 Å². The molecule has 1 atom stereocenters. The largest absolute Gasteiger partial charge is 0.456 e. The topological polar surface area (TPSA) is 105 Å². The van der Waals surface area contributed by atoms with Gasteiger partial charge in [0.1, 0.15) is 0 Å². The number of hydrogen-bond acceptors (Lipinski definition) is 7. The molecule has 3 aromatic carbocycles. The second kappa shape index (κ2) is 13.0. The number of carbonyl (C=O) groups excluding carboxylic acids is 2. The van der Waals surface area contributed by atoms with Gasteiger partial charge in [0, 0.05) is 19.6 Å². The first-order valence-electron chi connectivity index (χ1n) is 14.1. The molecule has 0 saturated carbocycles. The minimum absolute atomic E-state index is 0.0700. The normalized spacial score (nSPS) is 17.5. The summed E-state index contributed by atoms with van der Waals surface area (Å²) < 4.78 is 79.4. The molecule has 0 aromatic heterocycles. The maximum Gasteiger partial charge on any atom is 0.416 e. The van der Waals surface area contributed by atoms with E-state index in [-0.39, 0.29) is 23.5 Å². The zero-order valence-electron chi connectivity index (χ0n) is 24.0. The Morgan fingerprint density at radius 2 is 1.70 bits per heavy atom. The van der Waals surface area contributed by atoms with E-state index in [2.05, 4.69) is 5.32 Å². The van der Waals surface area contributed by atoms with Gasteiger partial charge in [-0.2, -0.15) is 17.5 Å². The fourth-order valence-electron chi connectivity index (χ4n) is 5.42. The highest BCUT2D eigenvalue weighted by Crippen LogP contribution is 2.38. The van der Waals surface area contributed by atoms with E-state index in [1.54, 1.807) is 29.2 Å². The van der Waals surface area contributed by atoms with Gasteiger partial charge in [0.15, 0.2) is 6.61 Å². The third-order valence-electron chi connectivity index (χ3n) is 7.66. The van der Waals surface area contributed by atoms with Gasteiger partial charge in [-0.05, 0) is 54.8 Å². The Hall–Kier alpha value is -3.94. The van der Waals surface area contributed by atoms with Crippen LogP contribution in [0.5, 0.6) is 0 Å². The molecule has 1 N–H and O–H groups in total. The van der Waals surface area contributed by atoms with Crippen molar-refractivity contribution in [3.8, 4) is 0 Å². The first-order chi connectivity index (χ1) is 20.9. The van der Waals surface area contributed by atoms with Crippen LogP contribution in [0.2, 0.25) is 0 Å². The number of nitrogens with zero attached hydrogens (tertiary/aromatic N) is 2. The fraction of sp³-hybridized carbons (Fsp3) is 0.355. The van der Waals surface area contributed by atoms with Gasteiger partial charge >= 0.3 is 12.1 Å². The van der Waals surface area contributed by atoms with Gasteiger partial charge in [-0.15, -0.1) is 0 Å². The van der Waals surface area contributed by atoms with Crippen LogP contribution in [-0.4, -0.2) is 64.1 Å². The molecule has 0 radical (unpaired) electrons. The van der Waals surface area contributed by atoms with Crippen LogP contribution >= 0.6 is 0 Å². The Bertz CT molecular complexity index is 1620. The summed E-state index contributed by atoms with van der Waals surface area (Å²) in [7, 11) is -3.98. The van der Waals surface area contributed by atoms with Gasteiger partial charge in [-0.1, -0.05) is 42.0 Å². The number of ether oxygens (including phenoxy) is 2. The monoisotopic (exact) mass is 631 g/mol. The molecule has 13 heteroatoms. The highest BCUT2D eigenvalue weighted by molar-refractivity contribution is 7.89. The SMILES string of the molecule is Cc1ccc(S(=O)(=O)N2CCc3ccccc3C2CC(=O)OCC(=O)Nc2cc(C(F)(F)F)ccc2N2CCOCC2)cc1. The first-order valence-corrected chi connectivity index (χ1v) is 15.5. The van der Waals surface area contributed by atoms with Gasteiger partial charge < -0.3 is 19.7 Å². The average molecular weight is 632 g/mol. The first kappa shape index (κ1) is 31.5. The van der Waals surface area contributed by atoms with Crippen molar-refractivity contribution in [2.45, 2.75) is 36.9 Å².